The fourth-order valence-electron chi connectivity index (χ4n) is 4.58. The molecule has 0 unspecified atom stereocenters. The smallest absolute Gasteiger partial charge is 0.267 e. The molecular weight excluding hydrogens is 576 g/mol. The number of allylic oxidation sites excluding steroid dienone is 4. The van der Waals surface area contributed by atoms with E-state index in [1.54, 1.807) is 22.8 Å². The average Bonchev–Trinajstić information content (AvgIpc) is 3.23. The Morgan fingerprint density at radius 3 is 2.61 bits per heavy atom. The largest absolute Gasteiger partial charge is 0.366 e. The Hall–Kier alpha value is -3.57. The highest BCUT2D eigenvalue weighted by atomic mass is 79.9. The van der Waals surface area contributed by atoms with Gasteiger partial charge >= 0.3 is 0 Å². The predicted molar refractivity (Wildman–Crippen MR) is 147 cm³/mol. The van der Waals surface area contributed by atoms with Gasteiger partial charge in [0.2, 0.25) is 0 Å². The average molecular weight is 600 g/mol. The molecule has 0 radical (unpaired) electrons. The van der Waals surface area contributed by atoms with Crippen LogP contribution in [0.5, 0.6) is 0 Å². The van der Waals surface area contributed by atoms with E-state index in [2.05, 4.69) is 57.1 Å². The predicted octanol–water partition coefficient (Wildman–Crippen LogP) is 6.55. The number of aromatic nitrogens is 3. The molecule has 0 saturated heterocycles. The van der Waals surface area contributed by atoms with Gasteiger partial charge in [-0.3, -0.25) is 4.72 Å². The molecule has 2 N–H and O–H groups in total. The second-order valence-electron chi connectivity index (χ2n) is 9.10. The zero-order valence-electron chi connectivity index (χ0n) is 20.5. The summed E-state index contributed by atoms with van der Waals surface area (Å²) in [6.45, 7) is 4.57. The number of benzene rings is 2. The van der Waals surface area contributed by atoms with Gasteiger partial charge in [0.25, 0.3) is 10.0 Å². The zero-order valence-corrected chi connectivity index (χ0v) is 22.9. The van der Waals surface area contributed by atoms with Gasteiger partial charge in [0.1, 0.15) is 17.5 Å². The molecule has 0 fully saturated rings. The van der Waals surface area contributed by atoms with Crippen LogP contribution in [0.25, 0.3) is 11.2 Å². The van der Waals surface area contributed by atoms with Crippen molar-refractivity contribution in [2.24, 2.45) is 5.92 Å². The third-order valence-electron chi connectivity index (χ3n) is 6.32. The van der Waals surface area contributed by atoms with Gasteiger partial charge in [-0.05, 0) is 76.2 Å². The Bertz CT molecular complexity index is 1700. The summed E-state index contributed by atoms with van der Waals surface area (Å²) in [5.74, 6) is -1.30. The van der Waals surface area contributed by atoms with Crippen LogP contribution in [0.4, 0.5) is 20.3 Å². The molecule has 4 aromatic rings. The Labute approximate surface area is 227 Å². The lowest BCUT2D eigenvalue weighted by Crippen LogP contribution is -2.16. The molecule has 11 heteroatoms. The van der Waals surface area contributed by atoms with E-state index in [-0.39, 0.29) is 5.69 Å². The van der Waals surface area contributed by atoms with Crippen LogP contribution in [0.2, 0.25) is 0 Å². The van der Waals surface area contributed by atoms with Crippen LogP contribution in [0.1, 0.15) is 31.5 Å². The Morgan fingerprint density at radius 1 is 1.13 bits per heavy atom. The summed E-state index contributed by atoms with van der Waals surface area (Å²) in [5.41, 5.74) is 4.76. The standard InChI is InChI=1S/C27H24BrF2N5O2S/c1-16-6-3-7-17(2)25(16)23-13-24(35-27(33-23)20(28)15-32-35)31-14-18-8-4-9-19(12-18)34-38(36,37)26-21(29)10-5-11-22(26)30/h3-6,8-13,15,17,31,34H,7,14H2,1-2H3/t17-/m1/s1. The molecule has 0 aliphatic heterocycles. The number of hydrogen-bond donors (Lipinski definition) is 2. The molecule has 2 heterocycles. The van der Waals surface area contributed by atoms with E-state index in [0.717, 1.165) is 45.9 Å². The number of nitrogens with zero attached hydrogens (tertiary/aromatic N) is 3. The zero-order chi connectivity index (χ0) is 27.0. The monoisotopic (exact) mass is 599 g/mol. The molecule has 0 bridgehead atoms. The Balaban J connectivity index is 1.43. The second kappa shape index (κ2) is 10.3. The van der Waals surface area contributed by atoms with Crippen LogP contribution < -0.4 is 10.0 Å². The molecule has 38 heavy (non-hydrogen) atoms. The van der Waals surface area contributed by atoms with Crippen molar-refractivity contribution >= 4 is 48.7 Å². The lowest BCUT2D eigenvalue weighted by Gasteiger charge is -2.21. The molecule has 196 valence electrons. The quantitative estimate of drug-likeness (QED) is 0.251. The van der Waals surface area contributed by atoms with Crippen LogP contribution >= 0.6 is 15.9 Å². The lowest BCUT2D eigenvalue weighted by atomic mass is 9.87. The summed E-state index contributed by atoms with van der Waals surface area (Å²) in [7, 11) is -4.47. The number of fused-ring (bicyclic) bond motifs is 1. The highest BCUT2D eigenvalue weighted by Gasteiger charge is 2.24. The van der Waals surface area contributed by atoms with Gasteiger partial charge in [-0.1, -0.05) is 37.3 Å². The number of halogens is 3. The highest BCUT2D eigenvalue weighted by Crippen LogP contribution is 2.34. The van der Waals surface area contributed by atoms with Crippen LogP contribution in [-0.4, -0.2) is 23.0 Å². The summed E-state index contributed by atoms with van der Waals surface area (Å²) >= 11 is 3.53. The van der Waals surface area contributed by atoms with Crippen molar-refractivity contribution < 1.29 is 17.2 Å². The van der Waals surface area contributed by atoms with Crippen LogP contribution in [0.15, 0.2) is 81.8 Å². The fourth-order valence-corrected chi connectivity index (χ4v) is 6.12. The summed E-state index contributed by atoms with van der Waals surface area (Å²) in [5, 5.41) is 7.79. The van der Waals surface area contributed by atoms with Gasteiger partial charge in [-0.25, -0.2) is 22.2 Å². The SMILES string of the molecule is CC1=C(c2cc(NCc3cccc(NS(=O)(=O)c4c(F)cccc4F)c3)n3ncc(Br)c3n2)[C@H](C)CC=C1. The minimum Gasteiger partial charge on any atom is -0.366 e. The molecule has 1 aliphatic carbocycles. The van der Waals surface area contributed by atoms with Gasteiger partial charge in [0, 0.05) is 18.3 Å². The maximum Gasteiger partial charge on any atom is 0.267 e. The molecular formula is C27H24BrF2N5O2S. The minimum atomic E-state index is -4.47. The number of nitrogens with one attached hydrogen (secondary N) is 2. The summed E-state index contributed by atoms with van der Waals surface area (Å²) in [6, 6.07) is 11.5. The molecule has 7 nitrogen and oxygen atoms in total. The normalized spacial score (nSPS) is 15.8. The first kappa shape index (κ1) is 26.1. The molecule has 5 rings (SSSR count). The van der Waals surface area contributed by atoms with Gasteiger partial charge in [-0.15, -0.1) is 0 Å². The van der Waals surface area contributed by atoms with E-state index >= 15 is 0 Å². The van der Waals surface area contributed by atoms with Crippen LogP contribution in [0, 0.1) is 17.6 Å². The molecule has 0 saturated carbocycles. The number of sulfonamides is 1. The van der Waals surface area contributed by atoms with Gasteiger partial charge in [0.05, 0.1) is 16.4 Å². The van der Waals surface area contributed by atoms with Crippen LogP contribution in [0.3, 0.4) is 0 Å². The molecule has 2 aromatic carbocycles. The number of anilines is 2. The van der Waals surface area contributed by atoms with Crippen molar-refractivity contribution in [3.8, 4) is 0 Å². The fraction of sp³-hybridized carbons (Fsp3) is 0.185. The molecule has 0 amide bonds. The van der Waals surface area contributed by atoms with Crippen molar-refractivity contribution in [1.82, 2.24) is 14.6 Å². The van der Waals surface area contributed by atoms with E-state index in [1.165, 1.54) is 11.6 Å². The van der Waals surface area contributed by atoms with Gasteiger partial charge in [-0.2, -0.15) is 9.61 Å². The topological polar surface area (TPSA) is 88.4 Å². The third kappa shape index (κ3) is 5.08. The first-order valence-electron chi connectivity index (χ1n) is 11.9. The second-order valence-corrected chi connectivity index (χ2v) is 11.6. The maximum atomic E-state index is 14.1. The Kier molecular flexibility index (Phi) is 7.06. The van der Waals surface area contributed by atoms with Crippen molar-refractivity contribution in [2.75, 3.05) is 10.0 Å². The molecule has 1 aliphatic rings. The van der Waals surface area contributed by atoms with Gasteiger partial charge in [0.15, 0.2) is 10.5 Å². The first-order chi connectivity index (χ1) is 18.1. The van der Waals surface area contributed by atoms with E-state index in [0.29, 0.717) is 23.9 Å². The van der Waals surface area contributed by atoms with Crippen molar-refractivity contribution in [2.45, 2.75) is 31.7 Å². The van der Waals surface area contributed by atoms with E-state index < -0.39 is 26.6 Å². The minimum absolute atomic E-state index is 0.179. The van der Waals surface area contributed by atoms with Crippen molar-refractivity contribution in [1.29, 1.82) is 0 Å². The molecule has 1 atom stereocenters. The summed E-state index contributed by atoms with van der Waals surface area (Å²) < 4.78 is 58.3. The summed E-state index contributed by atoms with van der Waals surface area (Å²) in [4.78, 5) is 3.84. The lowest BCUT2D eigenvalue weighted by molar-refractivity contribution is 0.521. The van der Waals surface area contributed by atoms with Crippen molar-refractivity contribution in [3.05, 3.63) is 99.8 Å². The van der Waals surface area contributed by atoms with Crippen LogP contribution in [-0.2, 0) is 16.6 Å². The molecule has 2 aromatic heterocycles. The van der Waals surface area contributed by atoms with E-state index in [4.69, 9.17) is 4.98 Å². The summed E-state index contributed by atoms with van der Waals surface area (Å²) in [6.07, 6.45) is 6.89. The number of hydrogen-bond acceptors (Lipinski definition) is 5. The maximum absolute atomic E-state index is 14.1. The molecule has 0 spiro atoms. The van der Waals surface area contributed by atoms with E-state index in [9.17, 15) is 17.2 Å². The van der Waals surface area contributed by atoms with Crippen molar-refractivity contribution in [3.63, 3.8) is 0 Å². The highest BCUT2D eigenvalue weighted by molar-refractivity contribution is 9.10. The third-order valence-corrected chi connectivity index (χ3v) is 8.31. The van der Waals surface area contributed by atoms with Gasteiger partial charge < -0.3 is 5.32 Å². The number of rotatable bonds is 7. The first-order valence-corrected chi connectivity index (χ1v) is 14.1. The Morgan fingerprint density at radius 2 is 1.87 bits per heavy atom. The van der Waals surface area contributed by atoms with E-state index in [1.807, 2.05) is 12.1 Å².